The lowest BCUT2D eigenvalue weighted by atomic mass is 10.1. The number of nitrogens with one attached hydrogen (secondary N) is 2. The highest BCUT2D eigenvalue weighted by atomic mass is 19.4. The van der Waals surface area contributed by atoms with Gasteiger partial charge in [0.1, 0.15) is 0 Å². The van der Waals surface area contributed by atoms with Crippen molar-refractivity contribution < 1.29 is 31.9 Å². The van der Waals surface area contributed by atoms with Crippen LogP contribution in [-0.4, -0.2) is 44.7 Å². The molecule has 1 aliphatic rings. The summed E-state index contributed by atoms with van der Waals surface area (Å²) in [5, 5.41) is 5.05. The van der Waals surface area contributed by atoms with E-state index >= 15 is 0 Å². The average Bonchev–Trinajstić information content (AvgIpc) is 3.23. The van der Waals surface area contributed by atoms with Gasteiger partial charge in [0.2, 0.25) is 5.91 Å². The molecule has 0 atom stereocenters. The number of nitrogens with zero attached hydrogens (tertiary/aromatic N) is 1. The second-order valence-corrected chi connectivity index (χ2v) is 6.36. The fourth-order valence-corrected chi connectivity index (χ4v) is 2.89. The molecule has 0 radical (unpaired) electrons. The predicted octanol–water partition coefficient (Wildman–Crippen LogP) is 2.89. The molecule has 2 N–H and O–H groups in total. The molecule has 2 aromatic rings. The number of ether oxygens (including phenoxy) is 1. The van der Waals surface area contributed by atoms with E-state index in [0.717, 1.165) is 12.1 Å². The molecule has 0 unspecified atom stereocenters. The maximum absolute atomic E-state index is 13.1. The van der Waals surface area contributed by atoms with Crippen molar-refractivity contribution in [3.63, 3.8) is 0 Å². The molecule has 1 aliphatic heterocycles. The molecule has 0 spiro atoms. The molecular weight excluding hydrogens is 391 g/mol. The predicted molar refractivity (Wildman–Crippen MR) is 98.8 cm³/mol. The maximum atomic E-state index is 13.1. The summed E-state index contributed by atoms with van der Waals surface area (Å²) >= 11 is 0. The van der Waals surface area contributed by atoms with E-state index in [9.17, 15) is 22.8 Å². The zero-order chi connectivity index (χ0) is 20.9. The molecule has 10 heteroatoms. The summed E-state index contributed by atoms with van der Waals surface area (Å²) in [7, 11) is 0. The Morgan fingerprint density at radius 3 is 2.55 bits per heavy atom. The fraction of sp³-hybridized carbons (Fsp3) is 0.368. The van der Waals surface area contributed by atoms with Gasteiger partial charge in [-0.25, -0.2) is 0 Å². The summed E-state index contributed by atoms with van der Waals surface area (Å²) < 4.78 is 49.5. The topological polar surface area (TPSA) is 83.8 Å². The largest absolute Gasteiger partial charge is 0.459 e. The van der Waals surface area contributed by atoms with Crippen LogP contribution < -0.4 is 15.5 Å². The zero-order valence-corrected chi connectivity index (χ0v) is 15.4. The van der Waals surface area contributed by atoms with Crippen molar-refractivity contribution in [2.75, 3.05) is 43.1 Å². The van der Waals surface area contributed by atoms with Crippen LogP contribution in [0.3, 0.4) is 0 Å². The second kappa shape index (κ2) is 8.99. The van der Waals surface area contributed by atoms with Crippen LogP contribution in [0.15, 0.2) is 41.0 Å². The third kappa shape index (κ3) is 5.50. The van der Waals surface area contributed by atoms with Crippen LogP contribution in [0.2, 0.25) is 0 Å². The lowest BCUT2D eigenvalue weighted by Gasteiger charge is -2.31. The average molecular weight is 411 g/mol. The SMILES string of the molecule is O=C(CCNC(=O)c1ccco1)Nc1cc(C(F)(F)F)ccc1N1CCOCC1. The third-order valence-corrected chi connectivity index (χ3v) is 4.33. The number of benzene rings is 1. The number of anilines is 2. The van der Waals surface area contributed by atoms with Crippen molar-refractivity contribution in [2.45, 2.75) is 12.6 Å². The first-order chi connectivity index (χ1) is 13.8. The Balaban J connectivity index is 1.66. The number of amides is 2. The van der Waals surface area contributed by atoms with Gasteiger partial charge >= 0.3 is 6.18 Å². The van der Waals surface area contributed by atoms with Gasteiger partial charge in [0, 0.05) is 26.1 Å². The van der Waals surface area contributed by atoms with Crippen LogP contribution in [0.5, 0.6) is 0 Å². The molecule has 0 aliphatic carbocycles. The highest BCUT2D eigenvalue weighted by molar-refractivity contribution is 5.95. The molecule has 7 nitrogen and oxygen atoms in total. The zero-order valence-electron chi connectivity index (χ0n) is 15.4. The Bertz CT molecular complexity index is 847. The minimum absolute atomic E-state index is 0.0111. The quantitative estimate of drug-likeness (QED) is 0.764. The molecular formula is C19H20F3N3O4. The van der Waals surface area contributed by atoms with E-state index in [2.05, 4.69) is 10.6 Å². The van der Waals surface area contributed by atoms with Crippen LogP contribution in [0.25, 0.3) is 0 Å². The van der Waals surface area contributed by atoms with Crippen molar-refractivity contribution in [2.24, 2.45) is 0 Å². The van der Waals surface area contributed by atoms with Gasteiger partial charge in [-0.3, -0.25) is 9.59 Å². The lowest BCUT2D eigenvalue weighted by molar-refractivity contribution is -0.137. The molecule has 2 heterocycles. The van der Waals surface area contributed by atoms with Crippen LogP contribution in [-0.2, 0) is 15.7 Å². The number of morpholine rings is 1. The van der Waals surface area contributed by atoms with Gasteiger partial charge in [0.15, 0.2) is 5.76 Å². The number of furan rings is 1. The smallest absolute Gasteiger partial charge is 0.416 e. The van der Waals surface area contributed by atoms with E-state index < -0.39 is 23.6 Å². The van der Waals surface area contributed by atoms with Gasteiger partial charge in [0.25, 0.3) is 5.91 Å². The van der Waals surface area contributed by atoms with E-state index in [4.69, 9.17) is 9.15 Å². The molecule has 2 amide bonds. The van der Waals surface area contributed by atoms with E-state index in [1.807, 2.05) is 4.90 Å². The lowest BCUT2D eigenvalue weighted by Crippen LogP contribution is -2.37. The minimum atomic E-state index is -4.53. The third-order valence-electron chi connectivity index (χ3n) is 4.33. The molecule has 3 rings (SSSR count). The van der Waals surface area contributed by atoms with Gasteiger partial charge in [-0.15, -0.1) is 0 Å². The molecule has 0 saturated carbocycles. The normalized spacial score (nSPS) is 14.5. The Kier molecular flexibility index (Phi) is 6.42. The molecule has 1 aromatic carbocycles. The van der Waals surface area contributed by atoms with Crippen LogP contribution >= 0.6 is 0 Å². The molecule has 0 bridgehead atoms. The highest BCUT2D eigenvalue weighted by Gasteiger charge is 2.32. The number of rotatable bonds is 6. The number of carbonyl (C=O) groups is 2. The molecule has 1 aromatic heterocycles. The minimum Gasteiger partial charge on any atom is -0.459 e. The van der Waals surface area contributed by atoms with Gasteiger partial charge in [0.05, 0.1) is 36.4 Å². The number of halogens is 3. The van der Waals surface area contributed by atoms with Gasteiger partial charge in [-0.05, 0) is 30.3 Å². The Morgan fingerprint density at radius 2 is 1.90 bits per heavy atom. The van der Waals surface area contributed by atoms with Crippen LogP contribution in [0, 0.1) is 0 Å². The monoisotopic (exact) mass is 411 g/mol. The summed E-state index contributed by atoms with van der Waals surface area (Å²) in [5.41, 5.74) is -0.283. The molecule has 156 valence electrons. The summed E-state index contributed by atoms with van der Waals surface area (Å²) in [6, 6.07) is 6.30. The number of hydrogen-bond donors (Lipinski definition) is 2. The van der Waals surface area contributed by atoms with Gasteiger partial charge in [-0.2, -0.15) is 13.2 Å². The van der Waals surface area contributed by atoms with Crippen LogP contribution in [0.1, 0.15) is 22.5 Å². The van der Waals surface area contributed by atoms with E-state index in [-0.39, 0.29) is 24.4 Å². The number of alkyl halides is 3. The van der Waals surface area contributed by atoms with Crippen molar-refractivity contribution in [1.29, 1.82) is 0 Å². The van der Waals surface area contributed by atoms with Crippen molar-refractivity contribution in [3.05, 3.63) is 47.9 Å². The first-order valence-electron chi connectivity index (χ1n) is 9.00. The van der Waals surface area contributed by atoms with E-state index in [1.165, 1.54) is 18.4 Å². The first-order valence-corrected chi connectivity index (χ1v) is 9.00. The van der Waals surface area contributed by atoms with E-state index in [1.54, 1.807) is 6.07 Å². The molecule has 1 fully saturated rings. The summed E-state index contributed by atoms with van der Waals surface area (Å²) in [6.07, 6.45) is -3.28. The van der Waals surface area contributed by atoms with E-state index in [0.29, 0.717) is 32.0 Å². The molecule has 29 heavy (non-hydrogen) atoms. The number of hydrogen-bond acceptors (Lipinski definition) is 5. The van der Waals surface area contributed by atoms with Gasteiger partial charge < -0.3 is 24.7 Å². The Morgan fingerprint density at radius 1 is 1.14 bits per heavy atom. The Labute approximate surface area is 164 Å². The first kappa shape index (κ1) is 20.7. The fourth-order valence-electron chi connectivity index (χ4n) is 2.89. The van der Waals surface area contributed by atoms with Crippen molar-refractivity contribution in [3.8, 4) is 0 Å². The van der Waals surface area contributed by atoms with Crippen LogP contribution in [0.4, 0.5) is 24.5 Å². The molecule has 1 saturated heterocycles. The van der Waals surface area contributed by atoms with Gasteiger partial charge in [-0.1, -0.05) is 0 Å². The number of carbonyl (C=O) groups excluding carboxylic acids is 2. The summed E-state index contributed by atoms with van der Waals surface area (Å²) in [5.74, 6) is -0.882. The standard InChI is InChI=1S/C19H20F3N3O4/c20-19(21,22)13-3-4-15(25-7-10-28-11-8-25)14(12-13)24-17(26)5-6-23-18(27)16-2-1-9-29-16/h1-4,9,12H,5-8,10-11H2,(H,23,27)(H,24,26). The second-order valence-electron chi connectivity index (χ2n) is 6.36. The van der Waals surface area contributed by atoms with Crippen molar-refractivity contribution >= 4 is 23.2 Å². The maximum Gasteiger partial charge on any atom is 0.416 e. The summed E-state index contributed by atoms with van der Waals surface area (Å²) in [6.45, 7) is 1.93. The summed E-state index contributed by atoms with van der Waals surface area (Å²) in [4.78, 5) is 25.9. The van der Waals surface area contributed by atoms with Crippen molar-refractivity contribution in [1.82, 2.24) is 5.32 Å². The Hall–Kier alpha value is -3.01. The highest BCUT2D eigenvalue weighted by Crippen LogP contribution is 2.35.